The molecule has 0 N–H and O–H groups in total. The molecule has 1 aromatic heterocycles. The van der Waals surface area contributed by atoms with E-state index in [2.05, 4.69) is 4.98 Å². The third-order valence-electron chi connectivity index (χ3n) is 0.995. The standard InChI is InChI=1S/C5H5F3N2/c1-10-2-4(9-3-10)5(6,7)8/h2-3H,1H3. The summed E-state index contributed by atoms with van der Waals surface area (Å²) in [6, 6.07) is 0. The summed E-state index contributed by atoms with van der Waals surface area (Å²) < 4.78 is 36.4. The van der Waals surface area contributed by atoms with Crippen LogP contribution in [0.3, 0.4) is 0 Å². The van der Waals surface area contributed by atoms with E-state index in [1.165, 1.54) is 11.6 Å². The van der Waals surface area contributed by atoms with Crippen LogP contribution in [-0.4, -0.2) is 9.55 Å². The highest BCUT2D eigenvalue weighted by atomic mass is 19.4. The number of hydrogen-bond donors (Lipinski definition) is 0. The number of aryl methyl sites for hydroxylation is 1. The Hall–Kier alpha value is -1.00. The summed E-state index contributed by atoms with van der Waals surface area (Å²) in [7, 11) is 1.49. The van der Waals surface area contributed by atoms with Crippen LogP contribution in [0, 0.1) is 0 Å². The molecular formula is C5H5F3N2. The molecule has 2 nitrogen and oxygen atoms in total. The van der Waals surface area contributed by atoms with Crippen molar-refractivity contribution in [1.82, 2.24) is 9.55 Å². The van der Waals surface area contributed by atoms with E-state index < -0.39 is 11.9 Å². The van der Waals surface area contributed by atoms with Crippen molar-refractivity contribution >= 4 is 0 Å². The van der Waals surface area contributed by atoms with E-state index in [-0.39, 0.29) is 0 Å². The van der Waals surface area contributed by atoms with Crippen LogP contribution in [0.15, 0.2) is 12.5 Å². The topological polar surface area (TPSA) is 17.8 Å². The number of nitrogens with zero attached hydrogens (tertiary/aromatic N) is 2. The zero-order valence-electron chi connectivity index (χ0n) is 5.18. The van der Waals surface area contributed by atoms with Crippen molar-refractivity contribution in [2.45, 2.75) is 6.18 Å². The summed E-state index contributed by atoms with van der Waals surface area (Å²) in [6.45, 7) is 0. The fourth-order valence-electron chi connectivity index (χ4n) is 0.559. The zero-order valence-corrected chi connectivity index (χ0v) is 5.18. The van der Waals surface area contributed by atoms with Gasteiger partial charge in [-0.15, -0.1) is 0 Å². The molecule has 0 aromatic carbocycles. The highest BCUT2D eigenvalue weighted by molar-refractivity contribution is 5.00. The van der Waals surface area contributed by atoms with Gasteiger partial charge in [-0.25, -0.2) is 4.98 Å². The van der Waals surface area contributed by atoms with Gasteiger partial charge in [-0.1, -0.05) is 0 Å². The van der Waals surface area contributed by atoms with Gasteiger partial charge in [0.15, 0.2) is 5.69 Å². The quantitative estimate of drug-likeness (QED) is 0.547. The molecule has 1 heterocycles. The lowest BCUT2D eigenvalue weighted by molar-refractivity contribution is -0.140. The predicted octanol–water partition coefficient (Wildman–Crippen LogP) is 1.44. The van der Waals surface area contributed by atoms with Crippen LogP contribution in [0.5, 0.6) is 0 Å². The SMILES string of the molecule is Cn1cnc(C(F)(F)F)c1. The number of rotatable bonds is 0. The maximum Gasteiger partial charge on any atom is 0.434 e. The Morgan fingerprint density at radius 2 is 2.10 bits per heavy atom. The first-order valence-electron chi connectivity index (χ1n) is 2.55. The van der Waals surface area contributed by atoms with E-state index in [4.69, 9.17) is 0 Å². The monoisotopic (exact) mass is 150 g/mol. The lowest BCUT2D eigenvalue weighted by Gasteiger charge is -1.98. The van der Waals surface area contributed by atoms with Gasteiger partial charge in [0.05, 0.1) is 6.33 Å². The molecule has 0 aliphatic rings. The van der Waals surface area contributed by atoms with E-state index in [0.717, 1.165) is 12.5 Å². The number of hydrogen-bond acceptors (Lipinski definition) is 1. The molecule has 0 saturated heterocycles. The maximum absolute atomic E-state index is 11.7. The van der Waals surface area contributed by atoms with Crippen LogP contribution in [-0.2, 0) is 13.2 Å². The molecule has 0 unspecified atom stereocenters. The highest BCUT2D eigenvalue weighted by Gasteiger charge is 2.32. The molecular weight excluding hydrogens is 145 g/mol. The molecule has 0 aliphatic carbocycles. The first kappa shape index (κ1) is 7.11. The Morgan fingerprint density at radius 3 is 2.30 bits per heavy atom. The van der Waals surface area contributed by atoms with Crippen LogP contribution in [0.1, 0.15) is 5.69 Å². The molecule has 0 radical (unpaired) electrons. The van der Waals surface area contributed by atoms with Crippen molar-refractivity contribution in [2.24, 2.45) is 7.05 Å². The second kappa shape index (κ2) is 2.00. The Bertz CT molecular complexity index is 225. The van der Waals surface area contributed by atoms with E-state index >= 15 is 0 Å². The third kappa shape index (κ3) is 1.29. The molecule has 0 bridgehead atoms. The first-order chi connectivity index (χ1) is 4.50. The van der Waals surface area contributed by atoms with Gasteiger partial charge in [0.1, 0.15) is 0 Å². The van der Waals surface area contributed by atoms with Gasteiger partial charge in [-0.05, 0) is 0 Å². The molecule has 0 spiro atoms. The molecule has 5 heteroatoms. The van der Waals surface area contributed by atoms with E-state index in [1.807, 2.05) is 0 Å². The lowest BCUT2D eigenvalue weighted by Crippen LogP contribution is -2.04. The minimum absolute atomic E-state index is 0.852. The molecule has 10 heavy (non-hydrogen) atoms. The fraction of sp³-hybridized carbons (Fsp3) is 0.400. The maximum atomic E-state index is 11.7. The minimum atomic E-state index is -4.32. The van der Waals surface area contributed by atoms with Gasteiger partial charge in [0, 0.05) is 13.2 Å². The highest BCUT2D eigenvalue weighted by Crippen LogP contribution is 2.26. The van der Waals surface area contributed by atoms with Gasteiger partial charge in [0.25, 0.3) is 0 Å². The average molecular weight is 150 g/mol. The Morgan fingerprint density at radius 1 is 1.50 bits per heavy atom. The summed E-state index contributed by atoms with van der Waals surface area (Å²) in [4.78, 5) is 3.12. The summed E-state index contributed by atoms with van der Waals surface area (Å²) in [5.41, 5.74) is -0.852. The van der Waals surface area contributed by atoms with Crippen LogP contribution in [0.25, 0.3) is 0 Å². The molecule has 0 amide bonds. The van der Waals surface area contributed by atoms with Crippen LogP contribution >= 0.6 is 0 Å². The summed E-state index contributed by atoms with van der Waals surface area (Å²) in [5.74, 6) is 0. The molecule has 0 atom stereocenters. The Balaban J connectivity index is 2.96. The second-order valence-corrected chi connectivity index (χ2v) is 1.92. The third-order valence-corrected chi connectivity index (χ3v) is 0.995. The number of halogens is 3. The number of imidazole rings is 1. The average Bonchev–Trinajstić information content (AvgIpc) is 2.11. The second-order valence-electron chi connectivity index (χ2n) is 1.92. The van der Waals surface area contributed by atoms with Gasteiger partial charge in [-0.3, -0.25) is 0 Å². The van der Waals surface area contributed by atoms with E-state index in [0.29, 0.717) is 0 Å². The fourth-order valence-corrected chi connectivity index (χ4v) is 0.559. The first-order valence-corrected chi connectivity index (χ1v) is 2.55. The van der Waals surface area contributed by atoms with Crippen molar-refractivity contribution in [2.75, 3.05) is 0 Å². The minimum Gasteiger partial charge on any atom is -0.340 e. The molecule has 0 saturated carbocycles. The van der Waals surface area contributed by atoms with E-state index in [9.17, 15) is 13.2 Å². The predicted molar refractivity (Wildman–Crippen MR) is 28.2 cm³/mol. The smallest absolute Gasteiger partial charge is 0.340 e. The van der Waals surface area contributed by atoms with Crippen molar-refractivity contribution in [3.63, 3.8) is 0 Å². The van der Waals surface area contributed by atoms with Crippen molar-refractivity contribution in [3.8, 4) is 0 Å². The summed E-state index contributed by atoms with van der Waals surface area (Å²) in [6.07, 6.45) is -2.27. The lowest BCUT2D eigenvalue weighted by atomic mass is 10.5. The Kier molecular flexibility index (Phi) is 1.42. The van der Waals surface area contributed by atoms with Gasteiger partial charge < -0.3 is 4.57 Å². The van der Waals surface area contributed by atoms with Crippen molar-refractivity contribution in [1.29, 1.82) is 0 Å². The molecule has 0 fully saturated rings. The molecule has 1 aromatic rings. The van der Waals surface area contributed by atoms with Crippen LogP contribution in [0.2, 0.25) is 0 Å². The molecule has 0 aliphatic heterocycles. The zero-order chi connectivity index (χ0) is 7.78. The van der Waals surface area contributed by atoms with Gasteiger partial charge >= 0.3 is 6.18 Å². The molecule has 56 valence electrons. The van der Waals surface area contributed by atoms with Gasteiger partial charge in [-0.2, -0.15) is 13.2 Å². The Labute approximate surface area is 55.3 Å². The van der Waals surface area contributed by atoms with Gasteiger partial charge in [0.2, 0.25) is 0 Å². The number of aromatic nitrogens is 2. The molecule has 1 rings (SSSR count). The number of alkyl halides is 3. The van der Waals surface area contributed by atoms with E-state index in [1.54, 1.807) is 0 Å². The normalized spacial score (nSPS) is 12.0. The summed E-state index contributed by atoms with van der Waals surface area (Å²) in [5, 5.41) is 0. The summed E-state index contributed by atoms with van der Waals surface area (Å²) >= 11 is 0. The van der Waals surface area contributed by atoms with Crippen molar-refractivity contribution < 1.29 is 13.2 Å². The van der Waals surface area contributed by atoms with Crippen molar-refractivity contribution in [3.05, 3.63) is 18.2 Å². The van der Waals surface area contributed by atoms with Crippen LogP contribution < -0.4 is 0 Å². The van der Waals surface area contributed by atoms with Crippen LogP contribution in [0.4, 0.5) is 13.2 Å². The largest absolute Gasteiger partial charge is 0.434 e.